The molecule has 0 aliphatic heterocycles. The van der Waals surface area contributed by atoms with Gasteiger partial charge in [-0.25, -0.2) is 18.4 Å². The van der Waals surface area contributed by atoms with Gasteiger partial charge in [0.15, 0.2) is 0 Å². The van der Waals surface area contributed by atoms with Crippen LogP contribution in [0.15, 0.2) is 29.2 Å². The van der Waals surface area contributed by atoms with Gasteiger partial charge >= 0.3 is 5.97 Å². The second kappa shape index (κ2) is 4.98. The fourth-order valence-electron chi connectivity index (χ4n) is 1.18. The number of rotatable bonds is 4. The van der Waals surface area contributed by atoms with Gasteiger partial charge < -0.3 is 9.84 Å². The molecule has 0 amide bonds. The lowest BCUT2D eigenvalue weighted by Gasteiger charge is -2.06. The van der Waals surface area contributed by atoms with Crippen molar-refractivity contribution in [3.05, 3.63) is 29.8 Å². The number of sulfonamides is 1. The molecular weight excluding hydrogens is 246 g/mol. The molecule has 6 nitrogen and oxygen atoms in total. The SMILES string of the molecule is COc1ccc(S(N)(=O)=O)cc1/C=C/C(=O)O. The Morgan fingerprint density at radius 1 is 1.47 bits per heavy atom. The maximum absolute atomic E-state index is 11.1. The molecule has 3 N–H and O–H groups in total. The molecule has 1 rings (SSSR count). The molecule has 0 saturated carbocycles. The fourth-order valence-corrected chi connectivity index (χ4v) is 1.73. The second-order valence-corrected chi connectivity index (χ2v) is 4.68. The third-order valence-electron chi connectivity index (χ3n) is 1.94. The highest BCUT2D eigenvalue weighted by Crippen LogP contribution is 2.23. The number of benzene rings is 1. The molecule has 0 unspecified atom stereocenters. The van der Waals surface area contributed by atoms with Gasteiger partial charge in [0.1, 0.15) is 5.75 Å². The predicted octanol–water partition coefficient (Wildman–Crippen LogP) is 0.440. The molecule has 0 fully saturated rings. The summed E-state index contributed by atoms with van der Waals surface area (Å²) in [5, 5.41) is 13.5. The summed E-state index contributed by atoms with van der Waals surface area (Å²) in [6, 6.07) is 3.93. The van der Waals surface area contributed by atoms with Crippen molar-refractivity contribution in [1.29, 1.82) is 0 Å². The number of ether oxygens (including phenoxy) is 1. The number of aliphatic carboxylic acids is 1. The standard InChI is InChI=1S/C10H11NO5S/c1-16-9-4-3-8(17(11,14)15)6-7(9)2-5-10(12)13/h2-6H,1H3,(H,12,13)(H2,11,14,15)/b5-2+. The number of carboxylic acids is 1. The number of primary sulfonamides is 1. The number of hydrogen-bond acceptors (Lipinski definition) is 4. The monoisotopic (exact) mass is 257 g/mol. The third-order valence-corrected chi connectivity index (χ3v) is 2.85. The van der Waals surface area contributed by atoms with Crippen LogP contribution in [0.1, 0.15) is 5.56 Å². The van der Waals surface area contributed by atoms with E-state index in [1.54, 1.807) is 0 Å². The highest BCUT2D eigenvalue weighted by Gasteiger charge is 2.10. The Kier molecular flexibility index (Phi) is 3.87. The topological polar surface area (TPSA) is 107 Å². The fraction of sp³-hybridized carbons (Fsp3) is 0.100. The zero-order valence-corrected chi connectivity index (χ0v) is 9.77. The van der Waals surface area contributed by atoms with Crippen molar-refractivity contribution in [2.24, 2.45) is 5.14 Å². The summed E-state index contributed by atoms with van der Waals surface area (Å²) in [7, 11) is -2.43. The molecule has 0 spiro atoms. The summed E-state index contributed by atoms with van der Waals surface area (Å²) < 4.78 is 27.2. The Balaban J connectivity index is 3.30. The van der Waals surface area contributed by atoms with E-state index in [0.717, 1.165) is 6.08 Å². The van der Waals surface area contributed by atoms with Crippen LogP contribution in [0.25, 0.3) is 6.08 Å². The average molecular weight is 257 g/mol. The Morgan fingerprint density at radius 3 is 2.59 bits per heavy atom. The lowest BCUT2D eigenvalue weighted by atomic mass is 10.2. The predicted molar refractivity (Wildman–Crippen MR) is 61.0 cm³/mol. The summed E-state index contributed by atoms with van der Waals surface area (Å²) >= 11 is 0. The van der Waals surface area contributed by atoms with E-state index >= 15 is 0 Å². The van der Waals surface area contributed by atoms with Gasteiger partial charge in [-0.15, -0.1) is 0 Å². The van der Waals surface area contributed by atoms with E-state index in [1.807, 2.05) is 0 Å². The summed E-state index contributed by atoms with van der Waals surface area (Å²) in [5.41, 5.74) is 0.321. The van der Waals surface area contributed by atoms with E-state index in [1.165, 1.54) is 31.4 Å². The molecular formula is C10H11NO5S. The minimum absolute atomic E-state index is 0.108. The zero-order chi connectivity index (χ0) is 13.1. The van der Waals surface area contributed by atoms with Crippen LogP contribution in [0.2, 0.25) is 0 Å². The van der Waals surface area contributed by atoms with E-state index < -0.39 is 16.0 Å². The van der Waals surface area contributed by atoms with Crippen molar-refractivity contribution in [3.8, 4) is 5.75 Å². The van der Waals surface area contributed by atoms with Gasteiger partial charge in [-0.2, -0.15) is 0 Å². The molecule has 0 saturated heterocycles. The van der Waals surface area contributed by atoms with Gasteiger partial charge in [0.25, 0.3) is 0 Å². The molecule has 0 aromatic heterocycles. The summed E-state index contributed by atoms with van der Waals surface area (Å²) in [4.78, 5) is 10.3. The molecule has 0 heterocycles. The van der Waals surface area contributed by atoms with Crippen molar-refractivity contribution < 1.29 is 23.1 Å². The first kappa shape index (κ1) is 13.2. The Morgan fingerprint density at radius 2 is 2.12 bits per heavy atom. The van der Waals surface area contributed by atoms with Crippen LogP contribution < -0.4 is 9.88 Å². The van der Waals surface area contributed by atoms with E-state index in [4.69, 9.17) is 15.0 Å². The lowest BCUT2D eigenvalue weighted by Crippen LogP contribution is -2.12. The highest BCUT2D eigenvalue weighted by molar-refractivity contribution is 7.89. The molecule has 1 aromatic rings. The molecule has 7 heteroatoms. The van der Waals surface area contributed by atoms with Gasteiger partial charge in [0, 0.05) is 11.6 Å². The maximum atomic E-state index is 11.1. The summed E-state index contributed by atoms with van der Waals surface area (Å²) in [6.45, 7) is 0. The van der Waals surface area contributed by atoms with Crippen LogP contribution in [-0.2, 0) is 14.8 Å². The molecule has 1 aromatic carbocycles. The summed E-state index contributed by atoms with van der Waals surface area (Å²) in [6.07, 6.45) is 2.11. The molecule has 0 radical (unpaired) electrons. The van der Waals surface area contributed by atoms with Crippen molar-refractivity contribution in [3.63, 3.8) is 0 Å². The van der Waals surface area contributed by atoms with Gasteiger partial charge in [-0.1, -0.05) is 0 Å². The average Bonchev–Trinajstić information content (AvgIpc) is 2.24. The van der Waals surface area contributed by atoms with Crippen LogP contribution in [-0.4, -0.2) is 26.6 Å². The quantitative estimate of drug-likeness (QED) is 0.761. The van der Waals surface area contributed by atoms with Crippen molar-refractivity contribution in [2.75, 3.05) is 7.11 Å². The third kappa shape index (κ3) is 3.58. The van der Waals surface area contributed by atoms with Gasteiger partial charge in [-0.3, -0.25) is 0 Å². The molecule has 92 valence electrons. The largest absolute Gasteiger partial charge is 0.496 e. The van der Waals surface area contributed by atoms with Gasteiger partial charge in [0.05, 0.1) is 12.0 Å². The van der Waals surface area contributed by atoms with E-state index in [-0.39, 0.29) is 4.90 Å². The van der Waals surface area contributed by atoms with Crippen molar-refractivity contribution in [2.45, 2.75) is 4.90 Å². The van der Waals surface area contributed by atoms with Gasteiger partial charge in [0.2, 0.25) is 10.0 Å². The number of carbonyl (C=O) groups is 1. The van der Waals surface area contributed by atoms with Crippen molar-refractivity contribution >= 4 is 22.1 Å². The minimum atomic E-state index is -3.83. The van der Waals surface area contributed by atoms with Crippen LogP contribution in [0.5, 0.6) is 5.75 Å². The molecule has 0 atom stereocenters. The maximum Gasteiger partial charge on any atom is 0.328 e. The number of carboxylic acid groups (broad SMARTS) is 1. The Bertz CT molecular complexity index is 562. The molecule has 17 heavy (non-hydrogen) atoms. The Hall–Kier alpha value is -1.86. The minimum Gasteiger partial charge on any atom is -0.496 e. The highest BCUT2D eigenvalue weighted by atomic mass is 32.2. The molecule has 0 aliphatic rings. The number of hydrogen-bond donors (Lipinski definition) is 2. The van der Waals surface area contributed by atoms with Crippen molar-refractivity contribution in [1.82, 2.24) is 0 Å². The molecule has 0 aliphatic carbocycles. The smallest absolute Gasteiger partial charge is 0.328 e. The zero-order valence-electron chi connectivity index (χ0n) is 8.95. The first-order chi connectivity index (χ1) is 7.84. The summed E-state index contributed by atoms with van der Waals surface area (Å²) in [5.74, 6) is -0.789. The van der Waals surface area contributed by atoms with Crippen LogP contribution in [0.4, 0.5) is 0 Å². The normalized spacial score (nSPS) is 11.6. The molecule has 0 bridgehead atoms. The van der Waals surface area contributed by atoms with Crippen LogP contribution in [0.3, 0.4) is 0 Å². The Labute approximate surface area is 98.4 Å². The van der Waals surface area contributed by atoms with E-state index in [0.29, 0.717) is 11.3 Å². The lowest BCUT2D eigenvalue weighted by molar-refractivity contribution is -0.131. The van der Waals surface area contributed by atoms with E-state index in [2.05, 4.69) is 0 Å². The van der Waals surface area contributed by atoms with Crippen LogP contribution in [0, 0.1) is 0 Å². The van der Waals surface area contributed by atoms with Crippen LogP contribution >= 0.6 is 0 Å². The van der Waals surface area contributed by atoms with E-state index in [9.17, 15) is 13.2 Å². The first-order valence-corrected chi connectivity index (χ1v) is 6.01. The van der Waals surface area contributed by atoms with Gasteiger partial charge in [-0.05, 0) is 24.3 Å². The number of nitrogens with two attached hydrogens (primary N) is 1. The number of methoxy groups -OCH3 is 1. The second-order valence-electron chi connectivity index (χ2n) is 3.12. The first-order valence-electron chi connectivity index (χ1n) is 4.46.